The molecule has 1 N–H and O–H groups in total. The van der Waals surface area contributed by atoms with Crippen molar-refractivity contribution in [3.63, 3.8) is 0 Å². The van der Waals surface area contributed by atoms with E-state index in [0.717, 1.165) is 40.8 Å². The minimum Gasteiger partial charge on any atom is -0.486 e. The van der Waals surface area contributed by atoms with Gasteiger partial charge in [0.2, 0.25) is 5.91 Å². The quantitative estimate of drug-likeness (QED) is 0.921. The first-order valence-electron chi connectivity index (χ1n) is 7.01. The van der Waals surface area contributed by atoms with Crippen LogP contribution in [0, 0.1) is 0 Å². The van der Waals surface area contributed by atoms with E-state index in [0.29, 0.717) is 19.6 Å². The molecule has 3 rings (SSSR count). The molecule has 20 heavy (non-hydrogen) atoms. The highest BCUT2D eigenvalue weighted by atomic mass is 79.9. The van der Waals surface area contributed by atoms with Gasteiger partial charge in [-0.15, -0.1) is 0 Å². The number of hydrogen-bond donors (Lipinski definition) is 1. The Morgan fingerprint density at radius 1 is 1.35 bits per heavy atom. The van der Waals surface area contributed by atoms with Gasteiger partial charge in [-0.2, -0.15) is 0 Å². The highest BCUT2D eigenvalue weighted by molar-refractivity contribution is 9.10. The highest BCUT2D eigenvalue weighted by Gasteiger charge is 2.36. The molecule has 0 radical (unpaired) electrons. The molecule has 1 saturated heterocycles. The summed E-state index contributed by atoms with van der Waals surface area (Å²) in [5, 5.41) is 3.14. The Kier molecular flexibility index (Phi) is 3.63. The first-order chi connectivity index (χ1) is 9.62. The van der Waals surface area contributed by atoms with Gasteiger partial charge in [0.15, 0.2) is 11.5 Å². The third kappa shape index (κ3) is 2.51. The van der Waals surface area contributed by atoms with Crippen LogP contribution in [0.2, 0.25) is 0 Å². The van der Waals surface area contributed by atoms with E-state index in [-0.39, 0.29) is 11.4 Å². The van der Waals surface area contributed by atoms with E-state index in [4.69, 9.17) is 9.47 Å². The number of rotatable bonds is 3. The molecule has 4 nitrogen and oxygen atoms in total. The van der Waals surface area contributed by atoms with E-state index in [2.05, 4.69) is 34.2 Å². The minimum atomic E-state index is -0.111. The maximum absolute atomic E-state index is 11.5. The molecule has 0 aromatic heterocycles. The summed E-state index contributed by atoms with van der Waals surface area (Å²) in [6, 6.07) is 4.09. The summed E-state index contributed by atoms with van der Waals surface area (Å²) in [5.41, 5.74) is 1.05. The zero-order chi connectivity index (χ0) is 14.2. The van der Waals surface area contributed by atoms with E-state index in [1.54, 1.807) is 0 Å². The smallest absolute Gasteiger partial charge is 0.220 e. The van der Waals surface area contributed by atoms with Gasteiger partial charge in [-0.05, 0) is 52.9 Å². The van der Waals surface area contributed by atoms with Crippen molar-refractivity contribution in [3.8, 4) is 11.5 Å². The van der Waals surface area contributed by atoms with Crippen LogP contribution in [0.4, 0.5) is 0 Å². The average Bonchev–Trinajstić information content (AvgIpc) is 2.81. The number of carbonyl (C=O) groups excluding carboxylic acids is 1. The Morgan fingerprint density at radius 2 is 2.15 bits per heavy atom. The molecule has 1 fully saturated rings. The molecule has 5 heteroatoms. The van der Waals surface area contributed by atoms with Crippen LogP contribution >= 0.6 is 15.9 Å². The number of halogens is 1. The van der Waals surface area contributed by atoms with E-state index in [1.165, 1.54) is 0 Å². The number of benzene rings is 1. The summed E-state index contributed by atoms with van der Waals surface area (Å²) in [6.45, 7) is 3.29. The number of fused-ring (bicyclic) bond motifs is 1. The molecule has 2 heterocycles. The number of ether oxygens (including phenoxy) is 2. The van der Waals surface area contributed by atoms with Crippen molar-refractivity contribution >= 4 is 21.8 Å². The molecule has 108 valence electrons. The van der Waals surface area contributed by atoms with Crippen LogP contribution in [0.15, 0.2) is 16.6 Å². The van der Waals surface area contributed by atoms with Crippen LogP contribution in [0.3, 0.4) is 0 Å². The number of nitrogens with one attached hydrogen (secondary N) is 1. The van der Waals surface area contributed by atoms with Gasteiger partial charge in [0.25, 0.3) is 0 Å². The molecule has 1 aromatic carbocycles. The molecule has 1 unspecified atom stereocenters. The van der Waals surface area contributed by atoms with Crippen molar-refractivity contribution in [2.75, 3.05) is 13.2 Å². The predicted octanol–water partition coefficient (Wildman–Crippen LogP) is 2.82. The molecule has 0 aliphatic carbocycles. The van der Waals surface area contributed by atoms with Crippen LogP contribution in [0.1, 0.15) is 31.7 Å². The largest absolute Gasteiger partial charge is 0.486 e. The lowest BCUT2D eigenvalue weighted by Gasteiger charge is -2.29. The number of carbonyl (C=O) groups is 1. The van der Waals surface area contributed by atoms with Crippen LogP contribution in [-0.4, -0.2) is 24.7 Å². The first-order valence-corrected chi connectivity index (χ1v) is 7.80. The summed E-state index contributed by atoms with van der Waals surface area (Å²) in [7, 11) is 0. The second kappa shape index (κ2) is 5.28. The minimum absolute atomic E-state index is 0.111. The van der Waals surface area contributed by atoms with E-state index >= 15 is 0 Å². The Balaban J connectivity index is 1.87. The van der Waals surface area contributed by atoms with Gasteiger partial charge in [-0.1, -0.05) is 6.92 Å². The van der Waals surface area contributed by atoms with Gasteiger partial charge in [-0.25, -0.2) is 0 Å². The second-order valence-electron chi connectivity index (χ2n) is 5.46. The summed E-state index contributed by atoms with van der Waals surface area (Å²) in [5.74, 6) is 1.72. The fourth-order valence-electron chi connectivity index (χ4n) is 2.95. The standard InChI is InChI=1S/C15H18BrNO3/c1-2-15(4-3-13(18)17-15)9-10-7-11(16)14-12(8-10)19-5-6-20-14/h7-8H,2-6,9H2,1H3,(H,17,18). The van der Waals surface area contributed by atoms with Gasteiger partial charge in [-0.3, -0.25) is 4.79 Å². The van der Waals surface area contributed by atoms with E-state index in [1.807, 2.05) is 6.07 Å². The fourth-order valence-corrected chi connectivity index (χ4v) is 3.56. The first kappa shape index (κ1) is 13.7. The molecule has 1 aromatic rings. The normalized spacial score (nSPS) is 24.6. The summed E-state index contributed by atoms with van der Waals surface area (Å²) in [6.07, 6.45) is 3.28. The van der Waals surface area contributed by atoms with Crippen LogP contribution in [0.25, 0.3) is 0 Å². The summed E-state index contributed by atoms with van der Waals surface area (Å²) < 4.78 is 12.2. The lowest BCUT2D eigenvalue weighted by atomic mass is 9.87. The molecule has 2 aliphatic rings. The van der Waals surface area contributed by atoms with Crippen molar-refractivity contribution in [2.45, 2.75) is 38.1 Å². The monoisotopic (exact) mass is 339 g/mol. The van der Waals surface area contributed by atoms with Gasteiger partial charge in [0, 0.05) is 12.0 Å². The van der Waals surface area contributed by atoms with Crippen LogP contribution in [-0.2, 0) is 11.2 Å². The second-order valence-corrected chi connectivity index (χ2v) is 6.31. The van der Waals surface area contributed by atoms with Crippen molar-refractivity contribution in [1.82, 2.24) is 5.32 Å². The topological polar surface area (TPSA) is 47.6 Å². The third-order valence-electron chi connectivity index (χ3n) is 4.11. The van der Waals surface area contributed by atoms with Crippen molar-refractivity contribution in [2.24, 2.45) is 0 Å². The van der Waals surface area contributed by atoms with Crippen molar-refractivity contribution in [1.29, 1.82) is 0 Å². The molecule has 0 bridgehead atoms. The maximum atomic E-state index is 11.5. The Morgan fingerprint density at radius 3 is 2.85 bits per heavy atom. The highest BCUT2D eigenvalue weighted by Crippen LogP contribution is 2.40. The molecule has 0 saturated carbocycles. The zero-order valence-corrected chi connectivity index (χ0v) is 13.1. The van der Waals surface area contributed by atoms with Gasteiger partial charge in [0.1, 0.15) is 13.2 Å². The number of amides is 1. The Labute approximate surface area is 127 Å². The van der Waals surface area contributed by atoms with Crippen molar-refractivity contribution in [3.05, 3.63) is 22.2 Å². The molecule has 2 aliphatic heterocycles. The zero-order valence-electron chi connectivity index (χ0n) is 11.5. The molecule has 1 amide bonds. The average molecular weight is 340 g/mol. The van der Waals surface area contributed by atoms with Gasteiger partial charge < -0.3 is 14.8 Å². The van der Waals surface area contributed by atoms with Gasteiger partial charge in [0.05, 0.1) is 4.47 Å². The lowest BCUT2D eigenvalue weighted by Crippen LogP contribution is -2.42. The molecular formula is C15H18BrNO3. The fraction of sp³-hybridized carbons (Fsp3) is 0.533. The molecular weight excluding hydrogens is 322 g/mol. The van der Waals surface area contributed by atoms with E-state index < -0.39 is 0 Å². The Bertz CT molecular complexity index is 546. The van der Waals surface area contributed by atoms with Crippen molar-refractivity contribution < 1.29 is 14.3 Å². The van der Waals surface area contributed by atoms with Gasteiger partial charge >= 0.3 is 0 Å². The number of hydrogen-bond acceptors (Lipinski definition) is 3. The lowest BCUT2D eigenvalue weighted by molar-refractivity contribution is -0.119. The van der Waals surface area contributed by atoms with E-state index in [9.17, 15) is 4.79 Å². The summed E-state index contributed by atoms with van der Waals surface area (Å²) in [4.78, 5) is 11.5. The maximum Gasteiger partial charge on any atom is 0.220 e. The third-order valence-corrected chi connectivity index (χ3v) is 4.70. The van der Waals surface area contributed by atoms with Crippen LogP contribution < -0.4 is 14.8 Å². The predicted molar refractivity (Wildman–Crippen MR) is 79.2 cm³/mol. The van der Waals surface area contributed by atoms with Crippen LogP contribution in [0.5, 0.6) is 11.5 Å². The Hall–Kier alpha value is -1.23. The molecule has 1 atom stereocenters. The SMILES string of the molecule is CCC1(Cc2cc(Br)c3c(c2)OCCO3)CCC(=O)N1. The molecule has 0 spiro atoms. The summed E-state index contributed by atoms with van der Waals surface area (Å²) >= 11 is 3.54.